The Labute approximate surface area is 157 Å². The van der Waals surface area contributed by atoms with Crippen molar-refractivity contribution in [3.8, 4) is 23.7 Å². The molecule has 0 amide bonds. The predicted octanol–water partition coefficient (Wildman–Crippen LogP) is 4.96. The van der Waals surface area contributed by atoms with Crippen LogP contribution in [0.4, 0.5) is 0 Å². The lowest BCUT2D eigenvalue weighted by Gasteiger charge is -2.42. The summed E-state index contributed by atoms with van der Waals surface area (Å²) in [5.74, 6) is 13.7. The van der Waals surface area contributed by atoms with Gasteiger partial charge < -0.3 is 5.11 Å². The summed E-state index contributed by atoms with van der Waals surface area (Å²) in [6.07, 6.45) is 4.09. The smallest absolute Gasteiger partial charge is 0.119 e. The maximum atomic E-state index is 9.09. The Balaban J connectivity index is 0.000000346. The van der Waals surface area contributed by atoms with Crippen LogP contribution in [0.25, 0.3) is 0 Å². The lowest BCUT2D eigenvalue weighted by atomic mass is 10.0. The van der Waals surface area contributed by atoms with Gasteiger partial charge in [0, 0.05) is 23.3 Å². The molecule has 1 heterocycles. The fraction of sp³-hybridized carbons (Fsp3) is 0.826. The lowest BCUT2D eigenvalue weighted by molar-refractivity contribution is 0.0690. The maximum absolute atomic E-state index is 9.09. The van der Waals surface area contributed by atoms with Crippen molar-refractivity contribution in [2.24, 2.45) is 17.8 Å². The number of aliphatic hydroxyl groups is 1. The first kappa shape index (κ1) is 24.0. The minimum absolute atomic E-state index is 0.344. The summed E-state index contributed by atoms with van der Waals surface area (Å²) in [6.45, 7) is 21.1. The van der Waals surface area contributed by atoms with E-state index in [4.69, 9.17) is 5.11 Å². The third-order valence-electron chi connectivity index (χ3n) is 3.62. The SMILES string of the molecule is CC(C)(C)N1CCC1.CC(C)C#CC(C)(C)O.CC(C)C#CC1CC1. The van der Waals surface area contributed by atoms with Crippen LogP contribution >= 0.6 is 0 Å². The first-order valence-electron chi connectivity index (χ1n) is 9.82. The summed E-state index contributed by atoms with van der Waals surface area (Å²) in [6, 6.07) is 0. The second-order valence-electron chi connectivity index (χ2n) is 9.21. The van der Waals surface area contributed by atoms with E-state index in [-0.39, 0.29) is 0 Å². The van der Waals surface area contributed by atoms with Crippen molar-refractivity contribution < 1.29 is 5.11 Å². The van der Waals surface area contributed by atoms with E-state index in [9.17, 15) is 0 Å². The van der Waals surface area contributed by atoms with Gasteiger partial charge in [0.1, 0.15) is 5.60 Å². The molecule has 1 N–H and O–H groups in total. The molecule has 25 heavy (non-hydrogen) atoms. The van der Waals surface area contributed by atoms with Crippen LogP contribution in [0.5, 0.6) is 0 Å². The molecule has 0 bridgehead atoms. The van der Waals surface area contributed by atoms with Crippen LogP contribution in [0.15, 0.2) is 0 Å². The average Bonchev–Trinajstić information content (AvgIpc) is 3.14. The Morgan fingerprint density at radius 1 is 0.880 bits per heavy atom. The molecule has 0 aromatic carbocycles. The van der Waals surface area contributed by atoms with Crippen molar-refractivity contribution in [3.63, 3.8) is 0 Å². The van der Waals surface area contributed by atoms with Crippen molar-refractivity contribution in [1.82, 2.24) is 4.90 Å². The Kier molecular flexibility index (Phi) is 10.5. The van der Waals surface area contributed by atoms with E-state index in [0.717, 1.165) is 5.92 Å². The zero-order valence-electron chi connectivity index (χ0n) is 18.2. The lowest BCUT2D eigenvalue weighted by Crippen LogP contribution is -2.49. The minimum Gasteiger partial charge on any atom is -0.378 e. The van der Waals surface area contributed by atoms with Gasteiger partial charge in [-0.3, -0.25) is 4.90 Å². The van der Waals surface area contributed by atoms with Gasteiger partial charge in [-0.1, -0.05) is 45.5 Å². The molecular weight excluding hydrogens is 306 g/mol. The van der Waals surface area contributed by atoms with Crippen LogP contribution < -0.4 is 0 Å². The van der Waals surface area contributed by atoms with Crippen LogP contribution in [0.2, 0.25) is 0 Å². The molecule has 2 aliphatic rings. The van der Waals surface area contributed by atoms with Crippen molar-refractivity contribution in [3.05, 3.63) is 0 Å². The second-order valence-corrected chi connectivity index (χ2v) is 9.21. The van der Waals surface area contributed by atoms with Gasteiger partial charge >= 0.3 is 0 Å². The highest BCUT2D eigenvalue weighted by molar-refractivity contribution is 5.11. The number of likely N-dealkylation sites (tertiary alicyclic amines) is 1. The first-order valence-corrected chi connectivity index (χ1v) is 9.82. The van der Waals surface area contributed by atoms with E-state index in [0.29, 0.717) is 17.4 Å². The molecule has 1 saturated heterocycles. The van der Waals surface area contributed by atoms with Gasteiger partial charge in [0.15, 0.2) is 0 Å². The molecule has 0 aromatic heterocycles. The number of rotatable bonds is 0. The zero-order chi connectivity index (χ0) is 19.7. The number of hydrogen-bond donors (Lipinski definition) is 1. The van der Waals surface area contributed by atoms with Crippen molar-refractivity contribution in [2.45, 2.75) is 92.7 Å². The zero-order valence-corrected chi connectivity index (χ0v) is 18.2. The highest BCUT2D eigenvalue weighted by atomic mass is 16.3. The van der Waals surface area contributed by atoms with E-state index in [1.807, 2.05) is 13.8 Å². The van der Waals surface area contributed by atoms with Gasteiger partial charge in [-0.2, -0.15) is 0 Å². The Morgan fingerprint density at radius 3 is 1.52 bits per heavy atom. The molecule has 2 nitrogen and oxygen atoms in total. The highest BCUT2D eigenvalue weighted by Crippen LogP contribution is 2.27. The van der Waals surface area contributed by atoms with Gasteiger partial charge in [-0.05, 0) is 67.0 Å². The molecule has 1 aliphatic carbocycles. The standard InChI is InChI=1S/C8H14O.C8H12.C7H15N/c1-7(2)5-6-8(3,4)9;1-7(2)3-4-8-5-6-8;1-7(2,3)8-5-4-6-8/h7,9H,1-4H3;7-8H,5-6H2,1-2H3;4-6H2,1-3H3. The fourth-order valence-electron chi connectivity index (χ4n) is 1.82. The Morgan fingerprint density at radius 2 is 1.36 bits per heavy atom. The Bertz CT molecular complexity index is 469. The van der Waals surface area contributed by atoms with Crippen molar-refractivity contribution >= 4 is 0 Å². The summed E-state index contributed by atoms with van der Waals surface area (Å²) >= 11 is 0. The summed E-state index contributed by atoms with van der Waals surface area (Å²) in [7, 11) is 0. The molecule has 0 radical (unpaired) electrons. The van der Waals surface area contributed by atoms with Gasteiger partial charge in [-0.25, -0.2) is 0 Å². The topological polar surface area (TPSA) is 23.5 Å². The quantitative estimate of drug-likeness (QED) is 0.626. The Hall–Kier alpha value is -0.960. The molecular formula is C23H41NO. The van der Waals surface area contributed by atoms with Crippen LogP contribution in [0.3, 0.4) is 0 Å². The predicted molar refractivity (Wildman–Crippen MR) is 110 cm³/mol. The average molecular weight is 348 g/mol. The molecule has 0 spiro atoms. The molecule has 2 fully saturated rings. The van der Waals surface area contributed by atoms with Crippen LogP contribution in [-0.2, 0) is 0 Å². The summed E-state index contributed by atoms with van der Waals surface area (Å²) in [4.78, 5) is 2.49. The summed E-state index contributed by atoms with van der Waals surface area (Å²) < 4.78 is 0. The van der Waals surface area contributed by atoms with E-state index >= 15 is 0 Å². The molecule has 2 heteroatoms. The second kappa shape index (κ2) is 10.9. The van der Waals surface area contributed by atoms with E-state index < -0.39 is 5.60 Å². The molecule has 2 rings (SSSR count). The summed E-state index contributed by atoms with van der Waals surface area (Å²) in [5.41, 5.74) is -0.400. The maximum Gasteiger partial charge on any atom is 0.119 e. The van der Waals surface area contributed by atoms with Gasteiger partial charge in [0.25, 0.3) is 0 Å². The molecule has 1 aliphatic heterocycles. The van der Waals surface area contributed by atoms with Gasteiger partial charge in [0.2, 0.25) is 0 Å². The van der Waals surface area contributed by atoms with Crippen molar-refractivity contribution in [2.75, 3.05) is 13.1 Å². The van der Waals surface area contributed by atoms with Crippen LogP contribution in [0, 0.1) is 41.4 Å². The number of nitrogens with zero attached hydrogens (tertiary/aromatic N) is 1. The molecule has 0 aromatic rings. The molecule has 1 saturated carbocycles. The molecule has 0 unspecified atom stereocenters. The van der Waals surface area contributed by atoms with E-state index in [2.05, 4.69) is 63.2 Å². The summed E-state index contributed by atoms with van der Waals surface area (Å²) in [5, 5.41) is 9.09. The fourth-order valence-corrected chi connectivity index (χ4v) is 1.82. The van der Waals surface area contributed by atoms with Gasteiger partial charge in [-0.15, -0.1) is 5.92 Å². The van der Waals surface area contributed by atoms with E-state index in [1.54, 1.807) is 13.8 Å². The molecule has 0 atom stereocenters. The highest BCUT2D eigenvalue weighted by Gasteiger charge is 2.25. The number of hydrogen-bond acceptors (Lipinski definition) is 2. The van der Waals surface area contributed by atoms with Crippen molar-refractivity contribution in [1.29, 1.82) is 0 Å². The molecule has 144 valence electrons. The normalized spacial score (nSPS) is 17.0. The third kappa shape index (κ3) is 16.3. The van der Waals surface area contributed by atoms with E-state index in [1.165, 1.54) is 32.4 Å². The first-order chi connectivity index (χ1) is 11.3. The van der Waals surface area contributed by atoms with Crippen LogP contribution in [0.1, 0.15) is 81.6 Å². The minimum atomic E-state index is -0.829. The monoisotopic (exact) mass is 347 g/mol. The van der Waals surface area contributed by atoms with Crippen LogP contribution in [-0.4, -0.2) is 34.2 Å². The third-order valence-corrected chi connectivity index (χ3v) is 3.62. The largest absolute Gasteiger partial charge is 0.378 e. The van der Waals surface area contributed by atoms with Gasteiger partial charge in [0.05, 0.1) is 0 Å².